The van der Waals surface area contributed by atoms with Gasteiger partial charge in [-0.3, -0.25) is 14.8 Å². The largest absolute Gasteiger partial charge is 0.493 e. The summed E-state index contributed by atoms with van der Waals surface area (Å²) in [5.74, 6) is 0.309. The van der Waals surface area contributed by atoms with Crippen LogP contribution in [0, 0.1) is 0 Å². The lowest BCUT2D eigenvalue weighted by atomic mass is 10.1. The Kier molecular flexibility index (Phi) is 6.77. The average molecular weight is 431 g/mol. The molecule has 0 bridgehead atoms. The number of rotatable bonds is 9. The number of aromatic nitrogens is 2. The fraction of sp³-hybridized carbons (Fsp3) is 0.240. The van der Waals surface area contributed by atoms with Crippen molar-refractivity contribution in [3.05, 3.63) is 82.3 Å². The molecule has 0 unspecified atom stereocenters. The predicted molar refractivity (Wildman–Crippen MR) is 123 cm³/mol. The van der Waals surface area contributed by atoms with E-state index in [2.05, 4.69) is 4.98 Å². The minimum atomic E-state index is -0.380. The molecule has 0 spiro atoms. The first-order valence-electron chi connectivity index (χ1n) is 10.7. The molecule has 7 nitrogen and oxygen atoms in total. The van der Waals surface area contributed by atoms with Gasteiger partial charge in [0.15, 0.2) is 0 Å². The summed E-state index contributed by atoms with van der Waals surface area (Å²) in [6.07, 6.45) is 3.01. The van der Waals surface area contributed by atoms with Gasteiger partial charge in [-0.2, -0.15) is 0 Å². The highest BCUT2D eigenvalue weighted by molar-refractivity contribution is 6.07. The summed E-state index contributed by atoms with van der Waals surface area (Å²) in [4.78, 5) is 31.5. The molecule has 32 heavy (non-hydrogen) atoms. The summed E-state index contributed by atoms with van der Waals surface area (Å²) >= 11 is 0. The van der Waals surface area contributed by atoms with Gasteiger partial charge in [-0.05, 0) is 24.8 Å². The number of benzene rings is 3. The summed E-state index contributed by atoms with van der Waals surface area (Å²) < 4.78 is 6.03. The molecule has 4 aromatic rings. The van der Waals surface area contributed by atoms with Crippen LogP contribution < -0.4 is 15.8 Å². The summed E-state index contributed by atoms with van der Waals surface area (Å²) in [5.41, 5.74) is 4.33. The molecule has 0 atom stereocenters. The van der Waals surface area contributed by atoms with Gasteiger partial charge in [0.25, 0.3) is 5.56 Å². The molecular weight excluding hydrogens is 406 g/mol. The molecule has 3 N–H and O–H groups in total. The molecule has 7 heteroatoms. The molecule has 0 radical (unpaired) electrons. The second kappa shape index (κ2) is 10.1. The van der Waals surface area contributed by atoms with Gasteiger partial charge in [0.1, 0.15) is 11.4 Å². The van der Waals surface area contributed by atoms with Gasteiger partial charge in [0, 0.05) is 29.7 Å². The number of fused-ring (bicyclic) bond motifs is 3. The van der Waals surface area contributed by atoms with E-state index in [1.165, 1.54) is 0 Å². The van der Waals surface area contributed by atoms with Crippen molar-refractivity contribution in [2.75, 3.05) is 6.61 Å². The van der Waals surface area contributed by atoms with E-state index >= 15 is 0 Å². The molecule has 1 heterocycles. The predicted octanol–water partition coefficient (Wildman–Crippen LogP) is 4.11. The lowest BCUT2D eigenvalue weighted by molar-refractivity contribution is -0.129. The monoisotopic (exact) mass is 431 g/mol. The van der Waals surface area contributed by atoms with E-state index < -0.39 is 0 Å². The van der Waals surface area contributed by atoms with Gasteiger partial charge < -0.3 is 9.72 Å². The Hall–Kier alpha value is -3.71. The lowest BCUT2D eigenvalue weighted by Crippen LogP contribution is -2.17. The zero-order valence-electron chi connectivity index (χ0n) is 17.6. The van der Waals surface area contributed by atoms with Gasteiger partial charge in [-0.1, -0.05) is 54.6 Å². The van der Waals surface area contributed by atoms with Gasteiger partial charge in [-0.25, -0.2) is 10.5 Å². The van der Waals surface area contributed by atoms with Crippen LogP contribution in [-0.2, 0) is 11.2 Å². The minimum absolute atomic E-state index is 0.204. The number of ether oxygens (including phenoxy) is 1. The summed E-state index contributed by atoms with van der Waals surface area (Å²) in [6.45, 7) is 0.486. The van der Waals surface area contributed by atoms with Crippen molar-refractivity contribution in [1.29, 1.82) is 0 Å². The van der Waals surface area contributed by atoms with Crippen molar-refractivity contribution in [3.63, 3.8) is 0 Å². The molecule has 0 aliphatic rings. The zero-order chi connectivity index (χ0) is 22.3. The lowest BCUT2D eigenvalue weighted by Gasteiger charge is -2.12. The van der Waals surface area contributed by atoms with E-state index in [1.807, 2.05) is 60.7 Å². The van der Waals surface area contributed by atoms with Crippen molar-refractivity contribution in [1.82, 2.24) is 15.4 Å². The molecule has 0 aliphatic heterocycles. The Morgan fingerprint density at radius 3 is 2.53 bits per heavy atom. The first-order chi connectivity index (χ1) is 15.7. The number of carbonyl (C=O) groups is 1. The van der Waals surface area contributed by atoms with Crippen molar-refractivity contribution >= 4 is 27.7 Å². The van der Waals surface area contributed by atoms with Crippen LogP contribution in [0.15, 0.2) is 65.5 Å². The Morgan fingerprint density at radius 1 is 1.00 bits per heavy atom. The Balaban J connectivity index is 1.57. The number of amides is 1. The Labute approximate surface area is 185 Å². The van der Waals surface area contributed by atoms with Crippen LogP contribution in [0.4, 0.5) is 0 Å². The third-order valence-corrected chi connectivity index (χ3v) is 5.38. The third-order valence-electron chi connectivity index (χ3n) is 5.38. The van der Waals surface area contributed by atoms with Crippen LogP contribution in [0.2, 0.25) is 0 Å². The molecule has 0 fully saturated rings. The second-order valence-electron chi connectivity index (χ2n) is 7.69. The normalized spacial score (nSPS) is 11.0. The number of nitrogens with one attached hydrogen (secondary N) is 2. The molecule has 1 amide bonds. The summed E-state index contributed by atoms with van der Waals surface area (Å²) in [5, 5.41) is 10.4. The second-order valence-corrected chi connectivity index (χ2v) is 7.69. The van der Waals surface area contributed by atoms with E-state index in [0.717, 1.165) is 34.7 Å². The van der Waals surface area contributed by atoms with E-state index in [-0.39, 0.29) is 17.9 Å². The summed E-state index contributed by atoms with van der Waals surface area (Å²) in [7, 11) is 0. The SMILES string of the molecule is O=C(CCCCCOc1cc2[nH]c(=O)c(Cc3ccccc3)nc2c2ccccc12)NO. The number of unbranched alkanes of at least 4 members (excludes halogenated alkanes) is 2. The number of nitrogens with zero attached hydrogens (tertiary/aromatic N) is 1. The summed E-state index contributed by atoms with van der Waals surface area (Å²) in [6, 6.07) is 19.5. The Bertz CT molecular complexity index is 1290. The molecule has 0 saturated carbocycles. The van der Waals surface area contributed by atoms with Crippen LogP contribution >= 0.6 is 0 Å². The maximum absolute atomic E-state index is 12.7. The van der Waals surface area contributed by atoms with Gasteiger partial charge in [0.05, 0.1) is 17.6 Å². The van der Waals surface area contributed by atoms with Crippen LogP contribution in [0.1, 0.15) is 36.9 Å². The Morgan fingerprint density at radius 2 is 1.75 bits per heavy atom. The maximum Gasteiger partial charge on any atom is 0.270 e. The highest BCUT2D eigenvalue weighted by Crippen LogP contribution is 2.31. The van der Waals surface area contributed by atoms with Crippen molar-refractivity contribution < 1.29 is 14.7 Å². The quantitative estimate of drug-likeness (QED) is 0.160. The minimum Gasteiger partial charge on any atom is -0.493 e. The number of hydrogen-bond acceptors (Lipinski definition) is 5. The molecule has 4 rings (SSSR count). The fourth-order valence-corrected chi connectivity index (χ4v) is 3.75. The van der Waals surface area contributed by atoms with E-state index in [1.54, 1.807) is 5.48 Å². The van der Waals surface area contributed by atoms with Crippen molar-refractivity contribution in [2.24, 2.45) is 0 Å². The highest BCUT2D eigenvalue weighted by Gasteiger charge is 2.12. The van der Waals surface area contributed by atoms with E-state index in [4.69, 9.17) is 14.9 Å². The van der Waals surface area contributed by atoms with Crippen LogP contribution in [0.3, 0.4) is 0 Å². The maximum atomic E-state index is 12.7. The molecule has 164 valence electrons. The number of H-pyrrole nitrogens is 1. The van der Waals surface area contributed by atoms with Gasteiger partial charge >= 0.3 is 0 Å². The highest BCUT2D eigenvalue weighted by atomic mass is 16.5. The molecule has 3 aromatic carbocycles. The topological polar surface area (TPSA) is 104 Å². The van der Waals surface area contributed by atoms with E-state index in [0.29, 0.717) is 36.4 Å². The molecule has 1 aromatic heterocycles. The number of carbonyl (C=O) groups excluding carboxylic acids is 1. The third kappa shape index (κ3) is 4.95. The number of aromatic amines is 1. The van der Waals surface area contributed by atoms with Crippen LogP contribution in [-0.4, -0.2) is 27.7 Å². The zero-order valence-corrected chi connectivity index (χ0v) is 17.6. The first kappa shape index (κ1) is 21.5. The van der Waals surface area contributed by atoms with Gasteiger partial charge in [0.2, 0.25) is 5.91 Å². The fourth-order valence-electron chi connectivity index (χ4n) is 3.75. The first-order valence-corrected chi connectivity index (χ1v) is 10.7. The van der Waals surface area contributed by atoms with Crippen LogP contribution in [0.25, 0.3) is 21.8 Å². The molecule has 0 saturated heterocycles. The van der Waals surface area contributed by atoms with Crippen LogP contribution in [0.5, 0.6) is 5.75 Å². The average Bonchev–Trinajstić information content (AvgIpc) is 2.82. The van der Waals surface area contributed by atoms with Crippen molar-refractivity contribution in [2.45, 2.75) is 32.1 Å². The van der Waals surface area contributed by atoms with E-state index in [9.17, 15) is 9.59 Å². The molecular formula is C25H25N3O4. The van der Waals surface area contributed by atoms with Crippen molar-refractivity contribution in [3.8, 4) is 5.75 Å². The molecule has 0 aliphatic carbocycles. The number of hydroxylamine groups is 1. The van der Waals surface area contributed by atoms with Gasteiger partial charge in [-0.15, -0.1) is 0 Å². The number of hydrogen-bond donors (Lipinski definition) is 3. The smallest absolute Gasteiger partial charge is 0.270 e. The standard InChI is InChI=1S/C25H25N3O4/c29-23(28-31)13-5-2-8-14-32-22-16-20-24(19-12-7-6-11-18(19)22)26-21(25(30)27-20)15-17-9-3-1-4-10-17/h1,3-4,6-7,9-12,16,31H,2,5,8,13-15H2,(H,27,30)(H,28,29).